The van der Waals surface area contributed by atoms with Crippen LogP contribution in [0.3, 0.4) is 0 Å². The van der Waals surface area contributed by atoms with Gasteiger partial charge in [0.2, 0.25) is 5.91 Å². The first-order chi connectivity index (χ1) is 19.7. The Kier molecular flexibility index (Phi) is 7.83. The number of hydrogen-bond donors (Lipinski definition) is 1. The zero-order valence-corrected chi connectivity index (χ0v) is 25.5. The number of aromatic nitrogens is 3. The van der Waals surface area contributed by atoms with Crippen LogP contribution in [-0.2, 0) is 4.79 Å². The van der Waals surface area contributed by atoms with Gasteiger partial charge in [-0.1, -0.05) is 31.5 Å². The van der Waals surface area contributed by atoms with E-state index in [4.69, 9.17) is 10.2 Å². The lowest BCUT2D eigenvalue weighted by Gasteiger charge is -2.36. The molecule has 2 saturated heterocycles. The summed E-state index contributed by atoms with van der Waals surface area (Å²) in [5.41, 5.74) is 3.04. The molecular formula is C32H47N7O2. The molecule has 2 aromatic rings. The molecule has 2 aliphatic carbocycles. The van der Waals surface area contributed by atoms with E-state index in [1.54, 1.807) is 0 Å². The Bertz CT molecular complexity index is 1270. The average molecular weight is 562 g/mol. The normalized spacial score (nSPS) is 26.9. The van der Waals surface area contributed by atoms with Crippen molar-refractivity contribution in [2.24, 2.45) is 17.8 Å². The van der Waals surface area contributed by atoms with Gasteiger partial charge in [0.05, 0.1) is 11.8 Å². The summed E-state index contributed by atoms with van der Waals surface area (Å²) in [7, 11) is 2.09. The Morgan fingerprint density at radius 3 is 2.34 bits per heavy atom. The molecule has 9 nitrogen and oxygen atoms in total. The molecule has 0 bridgehead atoms. The number of amides is 3. The second kappa shape index (κ2) is 11.4. The Hall–Kier alpha value is -2.94. The summed E-state index contributed by atoms with van der Waals surface area (Å²) in [5, 5.41) is 12.8. The van der Waals surface area contributed by atoms with Gasteiger partial charge in [-0.15, -0.1) is 10.2 Å². The summed E-state index contributed by atoms with van der Waals surface area (Å²) < 4.78 is 2.39. The largest absolute Gasteiger partial charge is 0.326 e. The minimum Gasteiger partial charge on any atom is -0.326 e. The number of aryl methyl sites for hydroxylation is 2. The molecular weight excluding hydrogens is 514 g/mol. The summed E-state index contributed by atoms with van der Waals surface area (Å²) in [5.74, 6) is 3.37. The molecule has 41 heavy (non-hydrogen) atoms. The Morgan fingerprint density at radius 1 is 0.976 bits per heavy atom. The van der Waals surface area contributed by atoms with Crippen molar-refractivity contribution in [3.8, 4) is 0 Å². The molecule has 2 aliphatic heterocycles. The van der Waals surface area contributed by atoms with Crippen LogP contribution in [0.2, 0.25) is 0 Å². The van der Waals surface area contributed by atoms with Gasteiger partial charge in [0.25, 0.3) is 0 Å². The monoisotopic (exact) mass is 561 g/mol. The number of benzene rings is 1. The smallest absolute Gasteiger partial charge is 0.320 e. The van der Waals surface area contributed by atoms with Crippen molar-refractivity contribution in [1.29, 1.82) is 0 Å². The SMILES string of the molecule is Cc1ccc(NC(=O)[C@H]2CN(C(=O)N3CCN(C)CC3)C[C@@H]2c2nnc([C@H]3C[C@@H](CC(C)C)C3)n2C2CC2)c(C)c1. The molecule has 3 heterocycles. The van der Waals surface area contributed by atoms with Gasteiger partial charge in [0.1, 0.15) is 11.6 Å². The second-order valence-corrected chi connectivity index (χ2v) is 13.7. The topological polar surface area (TPSA) is 86.6 Å². The van der Waals surface area contributed by atoms with Crippen LogP contribution in [0.15, 0.2) is 18.2 Å². The van der Waals surface area contributed by atoms with Gasteiger partial charge in [-0.3, -0.25) is 4.79 Å². The first kappa shape index (κ1) is 28.2. The summed E-state index contributed by atoms with van der Waals surface area (Å²) >= 11 is 0. The minimum atomic E-state index is -0.378. The molecule has 1 aromatic carbocycles. The van der Waals surface area contributed by atoms with Crippen molar-refractivity contribution in [3.05, 3.63) is 41.0 Å². The Balaban J connectivity index is 1.27. The van der Waals surface area contributed by atoms with Gasteiger partial charge in [-0.2, -0.15) is 0 Å². The van der Waals surface area contributed by atoms with Crippen LogP contribution in [0.1, 0.15) is 86.6 Å². The summed E-state index contributed by atoms with van der Waals surface area (Å²) in [6.07, 6.45) is 5.90. The quantitative estimate of drug-likeness (QED) is 0.525. The fourth-order valence-electron chi connectivity index (χ4n) is 7.22. The Labute approximate surface area is 244 Å². The number of urea groups is 1. The molecule has 1 aromatic heterocycles. The average Bonchev–Trinajstić information content (AvgIpc) is 3.50. The molecule has 6 rings (SSSR count). The lowest BCUT2D eigenvalue weighted by atomic mass is 9.71. The van der Waals surface area contributed by atoms with Crippen molar-refractivity contribution in [3.63, 3.8) is 0 Å². The molecule has 1 N–H and O–H groups in total. The number of rotatable bonds is 7. The predicted molar refractivity (Wildman–Crippen MR) is 160 cm³/mol. The van der Waals surface area contributed by atoms with Crippen LogP contribution >= 0.6 is 0 Å². The van der Waals surface area contributed by atoms with Gasteiger partial charge < -0.3 is 24.6 Å². The number of likely N-dealkylation sites (N-methyl/N-ethyl adjacent to an activating group) is 1. The predicted octanol–water partition coefficient (Wildman–Crippen LogP) is 4.79. The number of nitrogens with one attached hydrogen (secondary N) is 1. The van der Waals surface area contributed by atoms with Crippen molar-refractivity contribution < 1.29 is 9.59 Å². The maximum atomic E-state index is 13.9. The maximum absolute atomic E-state index is 13.9. The van der Waals surface area contributed by atoms with Gasteiger partial charge in [-0.25, -0.2) is 4.79 Å². The highest BCUT2D eigenvalue weighted by Crippen LogP contribution is 2.48. The highest BCUT2D eigenvalue weighted by molar-refractivity contribution is 5.95. The number of carbonyl (C=O) groups is 2. The van der Waals surface area contributed by atoms with Crippen LogP contribution in [-0.4, -0.2) is 87.7 Å². The lowest BCUT2D eigenvalue weighted by Crippen LogP contribution is -2.51. The molecule has 0 radical (unpaired) electrons. The number of hydrogen-bond acceptors (Lipinski definition) is 5. The van der Waals surface area contributed by atoms with Crippen molar-refractivity contribution >= 4 is 17.6 Å². The van der Waals surface area contributed by atoms with Crippen LogP contribution in [0.4, 0.5) is 10.5 Å². The number of carbonyl (C=O) groups excluding carboxylic acids is 2. The van der Waals surface area contributed by atoms with Crippen molar-refractivity contribution in [2.75, 3.05) is 51.6 Å². The van der Waals surface area contributed by atoms with E-state index in [0.717, 1.165) is 73.8 Å². The zero-order chi connectivity index (χ0) is 28.8. The van der Waals surface area contributed by atoms with E-state index < -0.39 is 0 Å². The van der Waals surface area contributed by atoms with E-state index >= 15 is 0 Å². The van der Waals surface area contributed by atoms with Gasteiger partial charge >= 0.3 is 6.03 Å². The van der Waals surface area contributed by atoms with E-state index in [1.165, 1.54) is 24.8 Å². The minimum absolute atomic E-state index is 0.0387. The summed E-state index contributed by atoms with van der Waals surface area (Å²) in [6, 6.07) is 6.56. The Morgan fingerprint density at radius 2 is 1.68 bits per heavy atom. The van der Waals surface area contributed by atoms with E-state index in [1.807, 2.05) is 28.9 Å². The first-order valence-electron chi connectivity index (χ1n) is 15.7. The fraction of sp³-hybridized carbons (Fsp3) is 0.688. The van der Waals surface area contributed by atoms with Gasteiger partial charge in [0.15, 0.2) is 0 Å². The molecule has 3 amide bonds. The lowest BCUT2D eigenvalue weighted by molar-refractivity contribution is -0.119. The number of piperazine rings is 1. The molecule has 9 heteroatoms. The fourth-order valence-corrected chi connectivity index (χ4v) is 7.22. The standard InChI is InChI=1S/C32H47N7O2/c1-20(2)14-23-16-24(17-23)29-34-35-30(39(29)25-7-8-25)26-18-38(32(41)37-12-10-36(5)11-13-37)19-27(26)31(40)33-28-9-6-21(3)15-22(28)4/h6,9,15,20,23-27H,7-8,10-14,16-19H2,1-5H3,(H,33,40)/t23-,24+,26-,27-/m0/s1. The van der Waals surface area contributed by atoms with E-state index in [9.17, 15) is 9.59 Å². The molecule has 0 unspecified atom stereocenters. The molecule has 2 atom stereocenters. The van der Waals surface area contributed by atoms with E-state index in [-0.39, 0.29) is 23.8 Å². The molecule has 4 fully saturated rings. The molecule has 4 aliphatic rings. The van der Waals surface area contributed by atoms with Crippen LogP contribution < -0.4 is 5.32 Å². The second-order valence-electron chi connectivity index (χ2n) is 13.7. The van der Waals surface area contributed by atoms with Crippen molar-refractivity contribution in [1.82, 2.24) is 29.5 Å². The summed E-state index contributed by atoms with van der Waals surface area (Å²) in [4.78, 5) is 33.7. The molecule has 0 spiro atoms. The third-order valence-electron chi connectivity index (χ3n) is 9.74. The van der Waals surface area contributed by atoms with Crippen molar-refractivity contribution in [2.45, 2.75) is 77.7 Å². The first-order valence-corrected chi connectivity index (χ1v) is 15.7. The van der Waals surface area contributed by atoms with Gasteiger partial charge in [0, 0.05) is 56.9 Å². The molecule has 222 valence electrons. The van der Waals surface area contributed by atoms with Gasteiger partial charge in [-0.05, 0) is 76.5 Å². The highest BCUT2D eigenvalue weighted by Gasteiger charge is 2.47. The highest BCUT2D eigenvalue weighted by atomic mass is 16.2. The number of likely N-dealkylation sites (tertiary alicyclic amines) is 1. The van der Waals surface area contributed by atoms with E-state index in [2.05, 4.69) is 48.7 Å². The number of nitrogens with zero attached hydrogens (tertiary/aromatic N) is 6. The van der Waals surface area contributed by atoms with Crippen LogP contribution in [0.5, 0.6) is 0 Å². The molecule has 2 saturated carbocycles. The summed E-state index contributed by atoms with van der Waals surface area (Å²) in [6.45, 7) is 12.8. The third kappa shape index (κ3) is 5.87. The number of anilines is 1. The third-order valence-corrected chi connectivity index (χ3v) is 9.74. The maximum Gasteiger partial charge on any atom is 0.320 e. The van der Waals surface area contributed by atoms with Crippen LogP contribution in [0.25, 0.3) is 0 Å². The zero-order valence-electron chi connectivity index (χ0n) is 25.5. The van der Waals surface area contributed by atoms with E-state index in [0.29, 0.717) is 25.0 Å². The van der Waals surface area contributed by atoms with Crippen LogP contribution in [0, 0.1) is 31.6 Å².